The molecule has 1 aliphatic rings. The van der Waals surface area contributed by atoms with Gasteiger partial charge >= 0.3 is 5.97 Å². The van der Waals surface area contributed by atoms with Crippen molar-refractivity contribution >= 4 is 23.3 Å². The smallest absolute Gasteiger partial charge is 0.337 e. The molecule has 1 N–H and O–H groups in total. The number of likely N-dealkylation sites (N-methyl/N-ethyl adjacent to an activating group) is 1. The standard InChI is InChI=1S/C19H22N4O3/c1-22-7-9-23(10-8-22)18(24)15-11-17(13-20-12-15)21-16-5-3-14(4-6-16)19(25)26-2/h3-6,11-13,21H,7-10H2,1-2H3. The molecular formula is C19H22N4O3. The Kier molecular flexibility index (Phi) is 5.48. The number of rotatable bonds is 4. The van der Waals surface area contributed by atoms with Crippen LogP contribution in [0, 0.1) is 0 Å². The van der Waals surface area contributed by atoms with E-state index in [4.69, 9.17) is 0 Å². The first-order valence-corrected chi connectivity index (χ1v) is 8.45. The molecule has 136 valence electrons. The van der Waals surface area contributed by atoms with Crippen molar-refractivity contribution in [2.45, 2.75) is 0 Å². The summed E-state index contributed by atoms with van der Waals surface area (Å²) in [4.78, 5) is 32.4. The van der Waals surface area contributed by atoms with Gasteiger partial charge in [0.25, 0.3) is 5.91 Å². The van der Waals surface area contributed by atoms with E-state index in [1.165, 1.54) is 7.11 Å². The first-order valence-electron chi connectivity index (χ1n) is 8.45. The molecule has 1 saturated heterocycles. The summed E-state index contributed by atoms with van der Waals surface area (Å²) >= 11 is 0. The molecule has 1 fully saturated rings. The zero-order valence-electron chi connectivity index (χ0n) is 14.9. The van der Waals surface area contributed by atoms with Gasteiger partial charge in [-0.05, 0) is 37.4 Å². The predicted molar refractivity (Wildman–Crippen MR) is 98.7 cm³/mol. The third-order valence-electron chi connectivity index (χ3n) is 4.37. The van der Waals surface area contributed by atoms with Crippen LogP contribution < -0.4 is 5.32 Å². The first-order chi connectivity index (χ1) is 12.6. The molecule has 3 rings (SSSR count). The van der Waals surface area contributed by atoms with Crippen LogP contribution in [-0.2, 0) is 4.74 Å². The third kappa shape index (κ3) is 4.18. The number of carbonyl (C=O) groups excluding carboxylic acids is 2. The fraction of sp³-hybridized carbons (Fsp3) is 0.316. The van der Waals surface area contributed by atoms with Gasteiger partial charge in [-0.3, -0.25) is 9.78 Å². The number of piperazine rings is 1. The number of esters is 1. The second-order valence-electron chi connectivity index (χ2n) is 6.25. The number of amides is 1. The number of hydrogen-bond acceptors (Lipinski definition) is 6. The molecule has 0 radical (unpaired) electrons. The van der Waals surface area contributed by atoms with E-state index in [2.05, 4.69) is 27.0 Å². The van der Waals surface area contributed by atoms with Crippen LogP contribution >= 0.6 is 0 Å². The quantitative estimate of drug-likeness (QED) is 0.847. The molecule has 1 aromatic carbocycles. The Labute approximate surface area is 152 Å². The van der Waals surface area contributed by atoms with Crippen LogP contribution in [0.1, 0.15) is 20.7 Å². The van der Waals surface area contributed by atoms with Crippen molar-refractivity contribution in [3.63, 3.8) is 0 Å². The lowest BCUT2D eigenvalue weighted by Gasteiger charge is -2.32. The molecule has 7 nitrogen and oxygen atoms in total. The van der Waals surface area contributed by atoms with E-state index in [9.17, 15) is 9.59 Å². The average molecular weight is 354 g/mol. The Bertz CT molecular complexity index is 784. The van der Waals surface area contributed by atoms with Gasteiger partial charge in [-0.1, -0.05) is 0 Å². The predicted octanol–water partition coefficient (Wildman–Crippen LogP) is 2.00. The number of methoxy groups -OCH3 is 1. The highest BCUT2D eigenvalue weighted by Crippen LogP contribution is 2.19. The normalized spacial score (nSPS) is 14.8. The number of pyridine rings is 1. The van der Waals surface area contributed by atoms with E-state index in [-0.39, 0.29) is 11.9 Å². The highest BCUT2D eigenvalue weighted by molar-refractivity contribution is 5.95. The molecule has 1 amide bonds. The molecule has 0 bridgehead atoms. The molecule has 26 heavy (non-hydrogen) atoms. The number of anilines is 2. The van der Waals surface area contributed by atoms with Crippen LogP contribution in [0.5, 0.6) is 0 Å². The number of ether oxygens (including phenoxy) is 1. The molecule has 1 aliphatic heterocycles. The third-order valence-corrected chi connectivity index (χ3v) is 4.37. The monoisotopic (exact) mass is 354 g/mol. The average Bonchev–Trinajstić information content (AvgIpc) is 2.68. The van der Waals surface area contributed by atoms with Crippen molar-refractivity contribution in [2.24, 2.45) is 0 Å². The van der Waals surface area contributed by atoms with Crippen LogP contribution in [-0.4, -0.2) is 67.0 Å². The van der Waals surface area contributed by atoms with Gasteiger partial charge in [0.05, 0.1) is 30.1 Å². The Hall–Kier alpha value is -2.93. The molecule has 0 atom stereocenters. The Morgan fingerprint density at radius 1 is 1.00 bits per heavy atom. The number of aromatic nitrogens is 1. The summed E-state index contributed by atoms with van der Waals surface area (Å²) in [7, 11) is 3.41. The summed E-state index contributed by atoms with van der Waals surface area (Å²) in [6, 6.07) is 8.71. The summed E-state index contributed by atoms with van der Waals surface area (Å²) < 4.78 is 4.69. The van der Waals surface area contributed by atoms with Crippen LogP contribution in [0.15, 0.2) is 42.7 Å². The van der Waals surface area contributed by atoms with Crippen molar-refractivity contribution in [2.75, 3.05) is 45.7 Å². The summed E-state index contributed by atoms with van der Waals surface area (Å²) in [5.74, 6) is -0.381. The molecule has 2 aromatic rings. The number of carbonyl (C=O) groups is 2. The topological polar surface area (TPSA) is 74.8 Å². The lowest BCUT2D eigenvalue weighted by molar-refractivity contribution is 0.0600. The molecule has 0 aliphatic carbocycles. The highest BCUT2D eigenvalue weighted by Gasteiger charge is 2.20. The van der Waals surface area contributed by atoms with Crippen LogP contribution in [0.4, 0.5) is 11.4 Å². The van der Waals surface area contributed by atoms with Crippen molar-refractivity contribution in [1.29, 1.82) is 0 Å². The Morgan fingerprint density at radius 2 is 1.69 bits per heavy atom. The second-order valence-corrected chi connectivity index (χ2v) is 6.25. The summed E-state index contributed by atoms with van der Waals surface area (Å²) in [6.45, 7) is 3.21. The van der Waals surface area contributed by atoms with Crippen LogP contribution in [0.2, 0.25) is 0 Å². The minimum Gasteiger partial charge on any atom is -0.465 e. The van der Waals surface area contributed by atoms with E-state index < -0.39 is 0 Å². The summed E-state index contributed by atoms with van der Waals surface area (Å²) in [5.41, 5.74) is 2.56. The number of benzene rings is 1. The van der Waals surface area contributed by atoms with Crippen molar-refractivity contribution in [3.05, 3.63) is 53.9 Å². The first kappa shape index (κ1) is 17.9. The Balaban J connectivity index is 1.69. The van der Waals surface area contributed by atoms with Crippen molar-refractivity contribution in [1.82, 2.24) is 14.8 Å². The maximum Gasteiger partial charge on any atom is 0.337 e. The van der Waals surface area contributed by atoms with Gasteiger partial charge in [0.15, 0.2) is 0 Å². The summed E-state index contributed by atoms with van der Waals surface area (Å²) in [5, 5.41) is 3.20. The minimum absolute atomic E-state index is 0.00436. The van der Waals surface area contributed by atoms with Crippen LogP contribution in [0.3, 0.4) is 0 Å². The van der Waals surface area contributed by atoms with Gasteiger partial charge in [0.2, 0.25) is 0 Å². The maximum absolute atomic E-state index is 12.7. The van der Waals surface area contributed by atoms with Crippen molar-refractivity contribution in [3.8, 4) is 0 Å². The number of nitrogens with one attached hydrogen (secondary N) is 1. The van der Waals surface area contributed by atoms with Gasteiger partial charge in [0, 0.05) is 38.1 Å². The molecule has 0 saturated carbocycles. The largest absolute Gasteiger partial charge is 0.465 e. The van der Waals surface area contributed by atoms with Gasteiger partial charge < -0.3 is 19.9 Å². The van der Waals surface area contributed by atoms with E-state index >= 15 is 0 Å². The van der Waals surface area contributed by atoms with E-state index in [0.717, 1.165) is 37.6 Å². The van der Waals surface area contributed by atoms with Crippen LogP contribution in [0.25, 0.3) is 0 Å². The molecule has 7 heteroatoms. The fourth-order valence-electron chi connectivity index (χ4n) is 2.79. The number of hydrogen-bond donors (Lipinski definition) is 1. The maximum atomic E-state index is 12.7. The lowest BCUT2D eigenvalue weighted by atomic mass is 10.2. The Morgan fingerprint density at radius 3 is 2.35 bits per heavy atom. The number of nitrogens with zero attached hydrogens (tertiary/aromatic N) is 3. The van der Waals surface area contributed by atoms with Gasteiger partial charge in [-0.25, -0.2) is 4.79 Å². The second kappa shape index (κ2) is 7.97. The zero-order chi connectivity index (χ0) is 18.5. The fourth-order valence-corrected chi connectivity index (χ4v) is 2.79. The van der Waals surface area contributed by atoms with E-state index in [1.54, 1.807) is 42.7 Å². The van der Waals surface area contributed by atoms with E-state index in [1.807, 2.05) is 4.90 Å². The highest BCUT2D eigenvalue weighted by atomic mass is 16.5. The molecule has 0 unspecified atom stereocenters. The minimum atomic E-state index is -0.377. The summed E-state index contributed by atoms with van der Waals surface area (Å²) in [6.07, 6.45) is 3.25. The molecule has 2 heterocycles. The van der Waals surface area contributed by atoms with Gasteiger partial charge in [0.1, 0.15) is 0 Å². The molecular weight excluding hydrogens is 332 g/mol. The zero-order valence-corrected chi connectivity index (χ0v) is 14.9. The van der Waals surface area contributed by atoms with Gasteiger partial charge in [-0.15, -0.1) is 0 Å². The molecule has 1 aromatic heterocycles. The van der Waals surface area contributed by atoms with Gasteiger partial charge in [-0.2, -0.15) is 0 Å². The lowest BCUT2D eigenvalue weighted by Crippen LogP contribution is -2.47. The van der Waals surface area contributed by atoms with E-state index in [0.29, 0.717) is 11.1 Å². The van der Waals surface area contributed by atoms with Crippen molar-refractivity contribution < 1.29 is 14.3 Å². The molecule has 0 spiro atoms. The SMILES string of the molecule is COC(=O)c1ccc(Nc2cncc(C(=O)N3CCN(C)CC3)c2)cc1.